The molecule has 0 atom stereocenters. The van der Waals surface area contributed by atoms with Crippen molar-refractivity contribution < 1.29 is 4.55 Å². The van der Waals surface area contributed by atoms with E-state index in [1.807, 2.05) is 25.1 Å². The van der Waals surface area contributed by atoms with Crippen LogP contribution in [0, 0.1) is 6.92 Å². The van der Waals surface area contributed by atoms with Crippen LogP contribution in [0.2, 0.25) is 5.02 Å². The average molecular weight is 189 g/mol. The SMILES string of the molecule is Cc1c(Cl)cccc1CSO. The Balaban J connectivity index is 2.96. The third kappa shape index (κ3) is 2.12. The summed E-state index contributed by atoms with van der Waals surface area (Å²) in [4.78, 5) is 0. The van der Waals surface area contributed by atoms with Crippen LogP contribution in [0.15, 0.2) is 18.2 Å². The van der Waals surface area contributed by atoms with Crippen LogP contribution in [-0.2, 0) is 5.75 Å². The topological polar surface area (TPSA) is 20.2 Å². The van der Waals surface area contributed by atoms with Crippen molar-refractivity contribution >= 4 is 23.6 Å². The van der Waals surface area contributed by atoms with Gasteiger partial charge in [-0.3, -0.25) is 0 Å². The van der Waals surface area contributed by atoms with Gasteiger partial charge in [-0.25, -0.2) is 0 Å². The van der Waals surface area contributed by atoms with E-state index in [9.17, 15) is 0 Å². The van der Waals surface area contributed by atoms with Gasteiger partial charge in [0.15, 0.2) is 0 Å². The van der Waals surface area contributed by atoms with Gasteiger partial charge in [-0.15, -0.1) is 0 Å². The maximum atomic E-state index is 8.61. The van der Waals surface area contributed by atoms with Crippen molar-refractivity contribution in [1.82, 2.24) is 0 Å². The predicted molar refractivity (Wildman–Crippen MR) is 50.1 cm³/mol. The Morgan fingerprint density at radius 3 is 2.91 bits per heavy atom. The molecule has 0 spiro atoms. The van der Waals surface area contributed by atoms with E-state index in [0.717, 1.165) is 28.2 Å². The van der Waals surface area contributed by atoms with Crippen LogP contribution < -0.4 is 0 Å². The summed E-state index contributed by atoms with van der Waals surface area (Å²) in [6.45, 7) is 1.95. The Morgan fingerprint density at radius 2 is 2.27 bits per heavy atom. The zero-order valence-corrected chi connectivity index (χ0v) is 7.75. The highest BCUT2D eigenvalue weighted by Gasteiger charge is 2.00. The van der Waals surface area contributed by atoms with Gasteiger partial charge in [-0.2, -0.15) is 0 Å². The second kappa shape index (κ2) is 4.00. The van der Waals surface area contributed by atoms with Gasteiger partial charge in [-0.1, -0.05) is 23.7 Å². The summed E-state index contributed by atoms with van der Waals surface area (Å²) in [6, 6.07) is 5.70. The van der Waals surface area contributed by atoms with Gasteiger partial charge in [0.2, 0.25) is 0 Å². The van der Waals surface area contributed by atoms with Gasteiger partial charge in [-0.05, 0) is 36.2 Å². The normalized spacial score (nSPS) is 10.1. The zero-order valence-electron chi connectivity index (χ0n) is 6.17. The molecule has 3 heteroatoms. The van der Waals surface area contributed by atoms with Gasteiger partial charge in [0, 0.05) is 10.8 Å². The van der Waals surface area contributed by atoms with Crippen molar-refractivity contribution in [2.45, 2.75) is 12.7 Å². The minimum Gasteiger partial charge on any atom is -0.330 e. The highest BCUT2D eigenvalue weighted by atomic mass is 35.5. The molecule has 0 aliphatic heterocycles. The minimum absolute atomic E-state index is 0.604. The third-order valence-electron chi connectivity index (χ3n) is 1.60. The smallest absolute Gasteiger partial charge is 0.0449 e. The molecule has 1 nitrogen and oxygen atoms in total. The maximum Gasteiger partial charge on any atom is 0.0449 e. The molecule has 0 fully saturated rings. The molecule has 60 valence electrons. The molecule has 0 radical (unpaired) electrons. The number of hydrogen-bond acceptors (Lipinski definition) is 2. The number of hydrogen-bond donors (Lipinski definition) is 1. The Kier molecular flexibility index (Phi) is 3.24. The summed E-state index contributed by atoms with van der Waals surface area (Å²) in [5.41, 5.74) is 2.14. The van der Waals surface area contributed by atoms with E-state index >= 15 is 0 Å². The lowest BCUT2D eigenvalue weighted by Crippen LogP contribution is -1.85. The highest BCUT2D eigenvalue weighted by Crippen LogP contribution is 2.21. The Labute approximate surface area is 75.6 Å². The molecule has 11 heavy (non-hydrogen) atoms. The van der Waals surface area contributed by atoms with E-state index in [1.165, 1.54) is 0 Å². The summed E-state index contributed by atoms with van der Waals surface area (Å²) in [7, 11) is 0. The van der Waals surface area contributed by atoms with E-state index < -0.39 is 0 Å². The number of benzene rings is 1. The largest absolute Gasteiger partial charge is 0.330 e. The molecule has 0 bridgehead atoms. The van der Waals surface area contributed by atoms with Crippen LogP contribution >= 0.6 is 23.6 Å². The molecule has 0 saturated carbocycles. The van der Waals surface area contributed by atoms with Gasteiger partial charge in [0.1, 0.15) is 0 Å². The van der Waals surface area contributed by atoms with E-state index in [2.05, 4.69) is 0 Å². The van der Waals surface area contributed by atoms with Crippen LogP contribution in [0.5, 0.6) is 0 Å². The van der Waals surface area contributed by atoms with Crippen molar-refractivity contribution in [3.05, 3.63) is 34.3 Å². The first-order valence-corrected chi connectivity index (χ1v) is 4.58. The summed E-state index contributed by atoms with van der Waals surface area (Å²) < 4.78 is 8.61. The fourth-order valence-electron chi connectivity index (χ4n) is 0.878. The van der Waals surface area contributed by atoms with E-state index in [1.54, 1.807) is 0 Å². The molecular weight excluding hydrogens is 180 g/mol. The first-order chi connectivity index (χ1) is 5.25. The third-order valence-corrected chi connectivity index (χ3v) is 2.45. The van der Waals surface area contributed by atoms with Gasteiger partial charge < -0.3 is 4.55 Å². The molecule has 0 heterocycles. The lowest BCUT2D eigenvalue weighted by molar-refractivity contribution is 0.663. The molecule has 1 aromatic carbocycles. The Bertz CT molecular complexity index is 250. The van der Waals surface area contributed by atoms with Gasteiger partial charge in [0.05, 0.1) is 0 Å². The molecular formula is C8H9ClOS. The summed E-state index contributed by atoms with van der Waals surface area (Å²) >= 11 is 6.68. The second-order valence-corrected chi connectivity index (χ2v) is 3.25. The molecule has 0 unspecified atom stereocenters. The average Bonchev–Trinajstić information content (AvgIpc) is 1.99. The fourth-order valence-corrected chi connectivity index (χ4v) is 1.52. The van der Waals surface area contributed by atoms with Crippen LogP contribution in [0.3, 0.4) is 0 Å². The van der Waals surface area contributed by atoms with E-state index in [0.29, 0.717) is 5.75 Å². The van der Waals surface area contributed by atoms with Gasteiger partial charge in [0.25, 0.3) is 0 Å². The zero-order chi connectivity index (χ0) is 8.27. The monoisotopic (exact) mass is 188 g/mol. The molecule has 0 aromatic heterocycles. The molecule has 1 rings (SSSR count). The molecule has 0 aliphatic rings. The van der Waals surface area contributed by atoms with Crippen LogP contribution in [0.25, 0.3) is 0 Å². The van der Waals surface area contributed by atoms with Crippen molar-refractivity contribution in [1.29, 1.82) is 0 Å². The molecule has 0 saturated heterocycles. The first kappa shape index (κ1) is 8.91. The van der Waals surface area contributed by atoms with E-state index in [4.69, 9.17) is 16.2 Å². The van der Waals surface area contributed by atoms with Crippen LogP contribution in [0.4, 0.5) is 0 Å². The van der Waals surface area contributed by atoms with Crippen molar-refractivity contribution in [3.63, 3.8) is 0 Å². The molecule has 1 N–H and O–H groups in total. The summed E-state index contributed by atoms with van der Waals surface area (Å²) in [5.74, 6) is 0.604. The first-order valence-electron chi connectivity index (χ1n) is 3.26. The number of halogens is 1. The van der Waals surface area contributed by atoms with Gasteiger partial charge >= 0.3 is 0 Å². The molecule has 0 aliphatic carbocycles. The van der Waals surface area contributed by atoms with Crippen molar-refractivity contribution in [3.8, 4) is 0 Å². The molecule has 0 amide bonds. The van der Waals surface area contributed by atoms with E-state index in [-0.39, 0.29) is 0 Å². The lowest BCUT2D eigenvalue weighted by atomic mass is 10.1. The van der Waals surface area contributed by atoms with Crippen molar-refractivity contribution in [2.75, 3.05) is 0 Å². The number of rotatable bonds is 2. The standard InChI is InChI=1S/C8H9ClOS/c1-6-7(5-11-10)3-2-4-8(6)9/h2-4,10H,5H2,1H3. The quantitative estimate of drug-likeness (QED) is 0.719. The Hall–Kier alpha value is -0.180. The molecule has 1 aromatic rings. The highest BCUT2D eigenvalue weighted by molar-refractivity contribution is 7.92. The fraction of sp³-hybridized carbons (Fsp3) is 0.250. The van der Waals surface area contributed by atoms with Crippen molar-refractivity contribution in [2.24, 2.45) is 0 Å². The maximum absolute atomic E-state index is 8.61. The Morgan fingerprint density at radius 1 is 1.55 bits per heavy atom. The van der Waals surface area contributed by atoms with Crippen LogP contribution in [-0.4, -0.2) is 4.55 Å². The summed E-state index contributed by atoms with van der Waals surface area (Å²) in [6.07, 6.45) is 0. The minimum atomic E-state index is 0.604. The lowest BCUT2D eigenvalue weighted by Gasteiger charge is -2.03. The van der Waals surface area contributed by atoms with Crippen LogP contribution in [0.1, 0.15) is 11.1 Å². The second-order valence-electron chi connectivity index (χ2n) is 2.30. The predicted octanol–water partition coefficient (Wildman–Crippen LogP) is 3.35. The summed E-state index contributed by atoms with van der Waals surface area (Å²) in [5, 5.41) is 0.761.